The molecule has 0 radical (unpaired) electrons. The van der Waals surface area contributed by atoms with Crippen molar-refractivity contribution in [2.75, 3.05) is 13.4 Å². The van der Waals surface area contributed by atoms with Crippen LogP contribution in [-0.4, -0.2) is 18.5 Å². The molecule has 3 heteroatoms. The minimum atomic E-state index is 0.120. The fourth-order valence-electron chi connectivity index (χ4n) is 0.512. The van der Waals surface area contributed by atoms with Gasteiger partial charge < -0.3 is 14.6 Å². The lowest BCUT2D eigenvalue weighted by Gasteiger charge is -1.94. The highest BCUT2D eigenvalue weighted by Gasteiger charge is 2.02. The first-order valence-corrected chi connectivity index (χ1v) is 2.48. The van der Waals surface area contributed by atoms with E-state index >= 15 is 0 Å². The van der Waals surface area contributed by atoms with Crippen molar-refractivity contribution in [2.24, 2.45) is 0 Å². The van der Waals surface area contributed by atoms with Crippen LogP contribution < -0.4 is 0 Å². The Morgan fingerprint density at radius 2 is 2.62 bits per heavy atom. The van der Waals surface area contributed by atoms with Crippen molar-refractivity contribution in [3.8, 4) is 0 Å². The molecule has 0 atom stereocenters. The summed E-state index contributed by atoms with van der Waals surface area (Å²) in [6.07, 6.45) is 2.08. The molecule has 46 valence electrons. The zero-order chi connectivity index (χ0) is 5.82. The molecule has 0 aromatic carbocycles. The molecule has 0 bridgehead atoms. The highest BCUT2D eigenvalue weighted by molar-refractivity contribution is 4.89. The van der Waals surface area contributed by atoms with Crippen molar-refractivity contribution >= 4 is 0 Å². The molecule has 0 saturated heterocycles. The van der Waals surface area contributed by atoms with E-state index in [0.29, 0.717) is 13.2 Å². The Bertz CT molecular complexity index is 97.8. The molecule has 1 aliphatic heterocycles. The van der Waals surface area contributed by atoms with E-state index in [4.69, 9.17) is 14.6 Å². The van der Waals surface area contributed by atoms with Gasteiger partial charge in [0.15, 0.2) is 0 Å². The molecule has 0 aliphatic carbocycles. The van der Waals surface area contributed by atoms with Crippen molar-refractivity contribution in [3.63, 3.8) is 0 Å². The third-order valence-electron chi connectivity index (χ3n) is 0.885. The summed E-state index contributed by atoms with van der Waals surface area (Å²) in [6, 6.07) is 0. The van der Waals surface area contributed by atoms with Gasteiger partial charge in [0.1, 0.15) is 12.0 Å². The first kappa shape index (κ1) is 5.44. The van der Waals surface area contributed by atoms with Crippen LogP contribution in [0, 0.1) is 0 Å². The topological polar surface area (TPSA) is 38.7 Å². The molecule has 0 spiro atoms. The van der Waals surface area contributed by atoms with Crippen LogP contribution in [0.15, 0.2) is 12.0 Å². The maximum atomic E-state index is 8.35. The fraction of sp³-hybridized carbons (Fsp3) is 0.600. The fourth-order valence-corrected chi connectivity index (χ4v) is 0.512. The quantitative estimate of drug-likeness (QED) is 0.560. The summed E-state index contributed by atoms with van der Waals surface area (Å²) in [5.74, 6) is 0.729. The van der Waals surface area contributed by atoms with E-state index in [9.17, 15) is 0 Å². The van der Waals surface area contributed by atoms with E-state index in [1.807, 2.05) is 0 Å². The number of hydrogen-bond acceptors (Lipinski definition) is 3. The standard InChI is InChI=1S/C5H8O3/c6-2-1-5-3-7-4-8-5/h3,6H,1-2,4H2. The van der Waals surface area contributed by atoms with Gasteiger partial charge in [-0.1, -0.05) is 0 Å². The Morgan fingerprint density at radius 1 is 1.75 bits per heavy atom. The maximum absolute atomic E-state index is 8.35. The lowest BCUT2D eigenvalue weighted by Crippen LogP contribution is -1.88. The van der Waals surface area contributed by atoms with Gasteiger partial charge in [0.05, 0.1) is 6.61 Å². The summed E-state index contributed by atoms with van der Waals surface area (Å²) < 4.78 is 9.59. The summed E-state index contributed by atoms with van der Waals surface area (Å²) in [6.45, 7) is 0.421. The summed E-state index contributed by atoms with van der Waals surface area (Å²) in [5.41, 5.74) is 0. The average Bonchev–Trinajstić information content (AvgIpc) is 2.19. The molecule has 1 N–H and O–H groups in total. The summed E-state index contributed by atoms with van der Waals surface area (Å²) in [7, 11) is 0. The zero-order valence-electron chi connectivity index (χ0n) is 4.46. The molecule has 0 unspecified atom stereocenters. The minimum absolute atomic E-state index is 0.120. The third kappa shape index (κ3) is 1.13. The molecular weight excluding hydrogens is 108 g/mol. The van der Waals surface area contributed by atoms with Crippen LogP contribution in [0.3, 0.4) is 0 Å². The number of aliphatic hydroxyl groups is 1. The summed E-state index contributed by atoms with van der Waals surface area (Å²) >= 11 is 0. The molecule has 0 amide bonds. The SMILES string of the molecule is OCCC1=COCO1. The Labute approximate surface area is 47.5 Å². The van der Waals surface area contributed by atoms with Gasteiger partial charge in [-0.05, 0) is 0 Å². The number of rotatable bonds is 2. The van der Waals surface area contributed by atoms with Crippen LogP contribution in [0.1, 0.15) is 6.42 Å². The van der Waals surface area contributed by atoms with Gasteiger partial charge in [-0.25, -0.2) is 0 Å². The lowest BCUT2D eigenvalue weighted by atomic mass is 10.4. The largest absolute Gasteiger partial charge is 0.462 e. The Hall–Kier alpha value is -0.700. The lowest BCUT2D eigenvalue weighted by molar-refractivity contribution is 0.0752. The third-order valence-corrected chi connectivity index (χ3v) is 0.885. The number of aliphatic hydroxyl groups excluding tert-OH is 1. The van der Waals surface area contributed by atoms with Crippen molar-refractivity contribution < 1.29 is 14.6 Å². The van der Waals surface area contributed by atoms with Gasteiger partial charge in [0, 0.05) is 6.42 Å². The molecule has 0 fully saturated rings. The average molecular weight is 116 g/mol. The molecule has 0 aromatic rings. The molecule has 0 saturated carbocycles. The molecule has 3 nitrogen and oxygen atoms in total. The normalized spacial score (nSPS) is 16.9. The predicted molar refractivity (Wildman–Crippen MR) is 26.8 cm³/mol. The zero-order valence-corrected chi connectivity index (χ0v) is 4.46. The van der Waals surface area contributed by atoms with Crippen molar-refractivity contribution in [1.82, 2.24) is 0 Å². The summed E-state index contributed by atoms with van der Waals surface area (Å²) in [5, 5.41) is 8.35. The van der Waals surface area contributed by atoms with Gasteiger partial charge >= 0.3 is 0 Å². The second-order valence-electron chi connectivity index (χ2n) is 1.49. The Balaban J connectivity index is 2.23. The summed E-state index contributed by atoms with van der Waals surface area (Å²) in [4.78, 5) is 0. The van der Waals surface area contributed by atoms with E-state index in [-0.39, 0.29) is 6.61 Å². The molecular formula is C5H8O3. The van der Waals surface area contributed by atoms with E-state index < -0.39 is 0 Å². The van der Waals surface area contributed by atoms with Crippen molar-refractivity contribution in [3.05, 3.63) is 12.0 Å². The molecule has 1 rings (SSSR count). The predicted octanol–water partition coefficient (Wildman–Crippen LogP) is 0.214. The van der Waals surface area contributed by atoms with Gasteiger partial charge in [0.2, 0.25) is 6.79 Å². The van der Waals surface area contributed by atoms with Crippen LogP contribution >= 0.6 is 0 Å². The van der Waals surface area contributed by atoms with E-state index in [1.165, 1.54) is 6.26 Å². The van der Waals surface area contributed by atoms with Crippen LogP contribution in [0.4, 0.5) is 0 Å². The van der Waals surface area contributed by atoms with Crippen LogP contribution in [0.25, 0.3) is 0 Å². The van der Waals surface area contributed by atoms with Crippen LogP contribution in [-0.2, 0) is 9.47 Å². The Kier molecular flexibility index (Phi) is 1.75. The van der Waals surface area contributed by atoms with E-state index in [1.54, 1.807) is 0 Å². The minimum Gasteiger partial charge on any atom is -0.462 e. The van der Waals surface area contributed by atoms with Crippen LogP contribution in [0.5, 0.6) is 0 Å². The van der Waals surface area contributed by atoms with E-state index in [2.05, 4.69) is 0 Å². The van der Waals surface area contributed by atoms with Gasteiger partial charge in [-0.3, -0.25) is 0 Å². The second-order valence-corrected chi connectivity index (χ2v) is 1.49. The van der Waals surface area contributed by atoms with Crippen LogP contribution in [0.2, 0.25) is 0 Å². The highest BCUT2D eigenvalue weighted by Crippen LogP contribution is 2.08. The number of ether oxygens (including phenoxy) is 2. The second kappa shape index (κ2) is 2.57. The van der Waals surface area contributed by atoms with E-state index in [0.717, 1.165) is 5.76 Å². The smallest absolute Gasteiger partial charge is 0.229 e. The molecule has 0 aromatic heterocycles. The maximum Gasteiger partial charge on any atom is 0.229 e. The van der Waals surface area contributed by atoms with Gasteiger partial charge in [-0.2, -0.15) is 0 Å². The van der Waals surface area contributed by atoms with Crippen molar-refractivity contribution in [2.45, 2.75) is 6.42 Å². The first-order valence-electron chi connectivity index (χ1n) is 2.48. The Morgan fingerprint density at radius 3 is 3.12 bits per heavy atom. The number of hydrogen-bond donors (Lipinski definition) is 1. The van der Waals surface area contributed by atoms with Gasteiger partial charge in [0.25, 0.3) is 0 Å². The first-order chi connectivity index (χ1) is 3.93. The highest BCUT2D eigenvalue weighted by atomic mass is 16.7. The monoisotopic (exact) mass is 116 g/mol. The molecule has 8 heavy (non-hydrogen) atoms. The molecule has 1 heterocycles. The van der Waals surface area contributed by atoms with Crippen molar-refractivity contribution in [1.29, 1.82) is 0 Å². The van der Waals surface area contributed by atoms with Gasteiger partial charge in [-0.15, -0.1) is 0 Å². The molecule has 1 aliphatic rings.